The average Bonchev–Trinajstić information content (AvgIpc) is 3.02. The maximum absolute atomic E-state index is 12.8. The molecule has 1 amide bonds. The molecule has 2 aliphatic heterocycles. The number of nitrogens with zero attached hydrogens (tertiary/aromatic N) is 5. The molecule has 3 rings (SSSR count). The second-order valence-corrected chi connectivity index (χ2v) is 6.38. The molecule has 2 atom stereocenters. The Bertz CT molecular complexity index is 619. The number of hydrogen-bond donors (Lipinski definition) is 0. The number of nitriles is 1. The second-order valence-electron chi connectivity index (χ2n) is 6.38. The van der Waals surface area contributed by atoms with E-state index in [1.165, 1.54) is 0 Å². The molecule has 7 heteroatoms. The van der Waals surface area contributed by atoms with Crippen LogP contribution >= 0.6 is 0 Å². The number of amides is 1. The summed E-state index contributed by atoms with van der Waals surface area (Å²) >= 11 is 0. The molecule has 0 aromatic carbocycles. The Morgan fingerprint density at radius 3 is 2.62 bits per heavy atom. The molecule has 0 bridgehead atoms. The molecule has 2 fully saturated rings. The zero-order chi connectivity index (χ0) is 17.1. The van der Waals surface area contributed by atoms with E-state index in [1.54, 1.807) is 19.4 Å². The Morgan fingerprint density at radius 2 is 2.08 bits per heavy atom. The van der Waals surface area contributed by atoms with Gasteiger partial charge in [0.2, 0.25) is 5.91 Å². The lowest BCUT2D eigenvalue weighted by Crippen LogP contribution is -2.53. The first-order valence-corrected chi connectivity index (χ1v) is 8.25. The van der Waals surface area contributed by atoms with Gasteiger partial charge in [-0.2, -0.15) is 5.26 Å². The Labute approximate surface area is 142 Å². The van der Waals surface area contributed by atoms with Gasteiger partial charge in [-0.15, -0.1) is 0 Å². The largest absolute Gasteiger partial charge is 0.380 e. The van der Waals surface area contributed by atoms with Crippen molar-refractivity contribution in [1.82, 2.24) is 14.8 Å². The Balaban J connectivity index is 1.56. The van der Waals surface area contributed by atoms with Crippen molar-refractivity contribution in [2.24, 2.45) is 0 Å². The molecule has 3 heterocycles. The standard InChI is InChI=1S/C17H23N5O2/c1-20-12-14(24-2)9-15(20)17(23)22-7-5-21(6-8-22)16-4-3-13(10-18)11-19-16/h3-4,11,14-15H,5-9,12H2,1-2H3/t14-,15-/m0/s1. The monoisotopic (exact) mass is 329 g/mol. The molecule has 7 nitrogen and oxygen atoms in total. The fraction of sp³-hybridized carbons (Fsp3) is 0.588. The fourth-order valence-corrected chi connectivity index (χ4v) is 3.42. The number of ether oxygens (including phenoxy) is 1. The van der Waals surface area contributed by atoms with Crippen molar-refractivity contribution in [3.8, 4) is 6.07 Å². The molecule has 24 heavy (non-hydrogen) atoms. The highest BCUT2D eigenvalue weighted by Crippen LogP contribution is 2.21. The molecule has 1 aromatic rings. The number of carbonyl (C=O) groups is 1. The molecule has 2 saturated heterocycles. The molecule has 1 aromatic heterocycles. The Morgan fingerprint density at radius 1 is 1.33 bits per heavy atom. The second kappa shape index (κ2) is 7.16. The molecule has 0 radical (unpaired) electrons. The molecule has 0 aliphatic carbocycles. The van der Waals surface area contributed by atoms with E-state index >= 15 is 0 Å². The number of piperazine rings is 1. The van der Waals surface area contributed by atoms with E-state index in [0.717, 1.165) is 31.9 Å². The van der Waals surface area contributed by atoms with Gasteiger partial charge in [-0.1, -0.05) is 0 Å². The van der Waals surface area contributed by atoms with Crippen LogP contribution in [0.5, 0.6) is 0 Å². The first kappa shape index (κ1) is 16.7. The minimum absolute atomic E-state index is 0.0745. The van der Waals surface area contributed by atoms with E-state index < -0.39 is 0 Å². The molecule has 128 valence electrons. The summed E-state index contributed by atoms with van der Waals surface area (Å²) < 4.78 is 5.39. The van der Waals surface area contributed by atoms with Gasteiger partial charge in [-0.3, -0.25) is 9.69 Å². The van der Waals surface area contributed by atoms with Gasteiger partial charge in [0.15, 0.2) is 0 Å². The molecular weight excluding hydrogens is 306 g/mol. The highest BCUT2D eigenvalue weighted by Gasteiger charge is 2.37. The Kier molecular flexibility index (Phi) is 4.97. The third-order valence-corrected chi connectivity index (χ3v) is 4.92. The van der Waals surface area contributed by atoms with Crippen molar-refractivity contribution in [3.05, 3.63) is 23.9 Å². The minimum atomic E-state index is -0.0745. The molecule has 0 unspecified atom stereocenters. The maximum atomic E-state index is 12.8. The van der Waals surface area contributed by atoms with Crippen molar-refractivity contribution < 1.29 is 9.53 Å². The van der Waals surface area contributed by atoms with Gasteiger partial charge in [-0.25, -0.2) is 4.98 Å². The van der Waals surface area contributed by atoms with E-state index in [0.29, 0.717) is 18.7 Å². The topological polar surface area (TPSA) is 72.7 Å². The summed E-state index contributed by atoms with van der Waals surface area (Å²) in [6.45, 7) is 3.72. The highest BCUT2D eigenvalue weighted by molar-refractivity contribution is 5.82. The van der Waals surface area contributed by atoms with Crippen molar-refractivity contribution >= 4 is 11.7 Å². The zero-order valence-electron chi connectivity index (χ0n) is 14.2. The van der Waals surface area contributed by atoms with Crippen LogP contribution in [0.2, 0.25) is 0 Å². The SMILES string of the molecule is CO[C@H]1C[C@@H](C(=O)N2CCN(c3ccc(C#N)cn3)CC2)N(C)C1. The first-order valence-electron chi connectivity index (χ1n) is 8.25. The van der Waals surface area contributed by atoms with Gasteiger partial charge in [0, 0.05) is 46.0 Å². The summed E-state index contributed by atoms with van der Waals surface area (Å²) in [5.74, 6) is 1.06. The zero-order valence-corrected chi connectivity index (χ0v) is 14.2. The van der Waals surface area contributed by atoms with Crippen LogP contribution in [0.25, 0.3) is 0 Å². The van der Waals surface area contributed by atoms with Crippen molar-refractivity contribution in [3.63, 3.8) is 0 Å². The van der Waals surface area contributed by atoms with Crippen LogP contribution in [0.3, 0.4) is 0 Å². The van der Waals surface area contributed by atoms with Crippen LogP contribution in [0, 0.1) is 11.3 Å². The number of pyridine rings is 1. The van der Waals surface area contributed by atoms with Gasteiger partial charge in [0.05, 0.1) is 17.7 Å². The van der Waals surface area contributed by atoms with Crippen molar-refractivity contribution in [1.29, 1.82) is 5.26 Å². The Hall–Kier alpha value is -2.17. The lowest BCUT2D eigenvalue weighted by atomic mass is 10.1. The van der Waals surface area contributed by atoms with Crippen LogP contribution in [-0.2, 0) is 9.53 Å². The van der Waals surface area contributed by atoms with Gasteiger partial charge < -0.3 is 14.5 Å². The highest BCUT2D eigenvalue weighted by atomic mass is 16.5. The van der Waals surface area contributed by atoms with E-state index in [1.807, 2.05) is 18.0 Å². The third-order valence-electron chi connectivity index (χ3n) is 4.92. The summed E-state index contributed by atoms with van der Waals surface area (Å²) in [5, 5.41) is 8.84. The number of hydrogen-bond acceptors (Lipinski definition) is 6. The van der Waals surface area contributed by atoms with Gasteiger partial charge in [0.25, 0.3) is 0 Å². The molecule has 0 N–H and O–H groups in total. The van der Waals surface area contributed by atoms with Gasteiger partial charge >= 0.3 is 0 Å². The maximum Gasteiger partial charge on any atom is 0.240 e. The quantitative estimate of drug-likeness (QED) is 0.795. The van der Waals surface area contributed by atoms with Crippen LogP contribution < -0.4 is 4.90 Å². The lowest BCUT2D eigenvalue weighted by Gasteiger charge is -2.37. The van der Waals surface area contributed by atoms with Gasteiger partial charge in [0.1, 0.15) is 11.9 Å². The van der Waals surface area contributed by atoms with E-state index in [-0.39, 0.29) is 18.1 Å². The molecule has 0 spiro atoms. The minimum Gasteiger partial charge on any atom is -0.380 e. The number of carbonyl (C=O) groups excluding carboxylic acids is 1. The fourth-order valence-electron chi connectivity index (χ4n) is 3.42. The van der Waals surface area contributed by atoms with Crippen LogP contribution in [-0.4, -0.2) is 79.7 Å². The summed E-state index contributed by atoms with van der Waals surface area (Å²) in [5.41, 5.74) is 0.560. The lowest BCUT2D eigenvalue weighted by molar-refractivity contribution is -0.135. The molecule has 0 saturated carbocycles. The number of rotatable bonds is 3. The summed E-state index contributed by atoms with van der Waals surface area (Å²) in [4.78, 5) is 23.3. The van der Waals surface area contributed by atoms with E-state index in [2.05, 4.69) is 20.9 Å². The number of likely N-dealkylation sites (tertiary alicyclic amines) is 1. The number of likely N-dealkylation sites (N-methyl/N-ethyl adjacent to an activating group) is 1. The van der Waals surface area contributed by atoms with Crippen LogP contribution in [0.1, 0.15) is 12.0 Å². The molecular formula is C17H23N5O2. The molecule has 2 aliphatic rings. The normalized spacial score (nSPS) is 24.9. The van der Waals surface area contributed by atoms with Crippen molar-refractivity contribution in [2.75, 3.05) is 51.8 Å². The van der Waals surface area contributed by atoms with E-state index in [4.69, 9.17) is 10.00 Å². The van der Waals surface area contributed by atoms with Crippen LogP contribution in [0.4, 0.5) is 5.82 Å². The van der Waals surface area contributed by atoms with Gasteiger partial charge in [-0.05, 0) is 25.6 Å². The smallest absolute Gasteiger partial charge is 0.240 e. The predicted molar refractivity (Wildman–Crippen MR) is 89.6 cm³/mol. The third kappa shape index (κ3) is 3.35. The number of anilines is 1. The average molecular weight is 329 g/mol. The van der Waals surface area contributed by atoms with Crippen molar-refractivity contribution in [2.45, 2.75) is 18.6 Å². The predicted octanol–water partition coefficient (Wildman–Crippen LogP) is 0.321. The number of aromatic nitrogens is 1. The summed E-state index contributed by atoms with van der Waals surface area (Å²) in [6.07, 6.45) is 2.50. The van der Waals surface area contributed by atoms with Crippen LogP contribution in [0.15, 0.2) is 18.3 Å². The first-order chi connectivity index (χ1) is 11.6. The summed E-state index contributed by atoms with van der Waals surface area (Å²) in [7, 11) is 3.69. The number of methoxy groups -OCH3 is 1. The van der Waals surface area contributed by atoms with E-state index in [9.17, 15) is 4.79 Å². The summed E-state index contributed by atoms with van der Waals surface area (Å²) in [6, 6.07) is 5.64.